The van der Waals surface area contributed by atoms with E-state index in [1.54, 1.807) is 0 Å². The summed E-state index contributed by atoms with van der Waals surface area (Å²) in [5, 5.41) is 13.5. The molecular weight excluding hydrogens is 407 g/mol. The lowest BCUT2D eigenvalue weighted by atomic mass is 10.1. The van der Waals surface area contributed by atoms with Gasteiger partial charge in [0, 0.05) is 12.1 Å². The number of aryl methyl sites for hydroxylation is 2. The number of nitro groups is 1. The van der Waals surface area contributed by atoms with Crippen LogP contribution < -0.4 is 5.32 Å². The molecule has 10 nitrogen and oxygen atoms in total. The molecule has 0 unspecified atom stereocenters. The molecule has 0 spiro atoms. The van der Waals surface area contributed by atoms with Gasteiger partial charge in [0.2, 0.25) is 0 Å². The van der Waals surface area contributed by atoms with Crippen molar-refractivity contribution < 1.29 is 35.3 Å². The quantitative estimate of drug-likeness (QED) is 0.374. The number of nitrogens with zero attached hydrogens (tertiary/aromatic N) is 1. The van der Waals surface area contributed by atoms with Crippen molar-refractivity contribution in [1.29, 1.82) is 0 Å². The molecule has 0 bridgehead atoms. The van der Waals surface area contributed by atoms with E-state index in [4.69, 9.17) is 4.55 Å². The van der Waals surface area contributed by atoms with E-state index in [9.17, 15) is 35.9 Å². The van der Waals surface area contributed by atoms with E-state index in [0.717, 1.165) is 18.2 Å². The fourth-order valence-electron chi connectivity index (χ4n) is 2.32. The first-order valence-corrected chi connectivity index (χ1v) is 9.91. The molecule has 0 saturated heterocycles. The van der Waals surface area contributed by atoms with E-state index >= 15 is 0 Å². The molecule has 2 rings (SSSR count). The van der Waals surface area contributed by atoms with Crippen molar-refractivity contribution in [3.05, 3.63) is 51.3 Å². The number of nitro benzene ring substituents is 1. The lowest BCUT2D eigenvalue weighted by molar-refractivity contribution is -0.384. The summed E-state index contributed by atoms with van der Waals surface area (Å²) >= 11 is 0. The topological polar surface area (TPSA) is 164 Å². The van der Waals surface area contributed by atoms with Crippen molar-refractivity contribution in [3.63, 3.8) is 0 Å². The van der Waals surface area contributed by atoms with Crippen molar-refractivity contribution in [2.75, 3.05) is 5.32 Å². The molecule has 0 radical (unpaired) electrons. The first-order chi connectivity index (χ1) is 12.2. The summed E-state index contributed by atoms with van der Waals surface area (Å²) in [5.74, 6) is -0.817. The third kappa shape index (κ3) is 4.39. The molecule has 0 amide bonds. The fraction of sp³-hybridized carbons (Fsp3) is 0.143. The number of nitrogens with one attached hydrogen (secondary N) is 1. The summed E-state index contributed by atoms with van der Waals surface area (Å²) in [7, 11) is -9.82. The lowest BCUT2D eigenvalue weighted by Crippen LogP contribution is -2.09. The predicted octanol–water partition coefficient (Wildman–Crippen LogP) is 2.59. The first kappa shape index (κ1) is 20.7. The second-order valence-electron chi connectivity index (χ2n) is 5.56. The molecule has 0 aliphatic rings. The Kier molecular flexibility index (Phi) is 5.25. The minimum Gasteiger partial charge on any atom is -0.349 e. The molecule has 13 heteroatoms. The standard InChI is InChI=1S/C14H13FN2O8S2/c1-7-4-12(17(18)19)10(5-9(7)15)16-11-3-8(2)13(26(20,21)22)6-14(11)27(23,24)25/h3-6,16H,1-2H3,(H,20,21,22)(H,23,24,25). The number of rotatable bonds is 5. The van der Waals surface area contributed by atoms with Crippen LogP contribution in [-0.4, -0.2) is 30.9 Å². The van der Waals surface area contributed by atoms with E-state index in [-0.39, 0.29) is 11.1 Å². The predicted molar refractivity (Wildman–Crippen MR) is 91.9 cm³/mol. The highest BCUT2D eigenvalue weighted by Gasteiger charge is 2.25. The molecule has 0 saturated carbocycles. The molecule has 0 heterocycles. The van der Waals surface area contributed by atoms with Gasteiger partial charge in [-0.15, -0.1) is 0 Å². The summed E-state index contributed by atoms with van der Waals surface area (Å²) in [6.45, 7) is 2.51. The van der Waals surface area contributed by atoms with Crippen LogP contribution in [0, 0.1) is 29.8 Å². The van der Waals surface area contributed by atoms with Crippen molar-refractivity contribution in [1.82, 2.24) is 0 Å². The van der Waals surface area contributed by atoms with Gasteiger partial charge in [-0.1, -0.05) is 0 Å². The van der Waals surface area contributed by atoms with E-state index in [1.165, 1.54) is 13.8 Å². The Hall–Kier alpha value is -2.61. The van der Waals surface area contributed by atoms with Crippen molar-refractivity contribution >= 4 is 37.3 Å². The van der Waals surface area contributed by atoms with E-state index in [0.29, 0.717) is 6.07 Å². The van der Waals surface area contributed by atoms with Gasteiger partial charge in [0.25, 0.3) is 25.9 Å². The molecule has 146 valence electrons. The van der Waals surface area contributed by atoms with Crippen LogP contribution in [-0.2, 0) is 20.2 Å². The van der Waals surface area contributed by atoms with Crippen LogP contribution in [0.5, 0.6) is 0 Å². The van der Waals surface area contributed by atoms with Gasteiger partial charge in [0.1, 0.15) is 16.4 Å². The Morgan fingerprint density at radius 1 is 0.926 bits per heavy atom. The summed E-state index contributed by atoms with van der Waals surface area (Å²) in [6, 6.07) is 3.09. The van der Waals surface area contributed by atoms with Crippen LogP contribution in [0.4, 0.5) is 21.5 Å². The number of hydrogen-bond donors (Lipinski definition) is 3. The number of hydrogen-bond acceptors (Lipinski definition) is 7. The number of halogens is 1. The minimum absolute atomic E-state index is 0.0276. The van der Waals surface area contributed by atoms with Crippen molar-refractivity contribution in [2.24, 2.45) is 0 Å². The molecule has 2 aromatic carbocycles. The Morgan fingerprint density at radius 3 is 1.96 bits per heavy atom. The van der Waals surface area contributed by atoms with Crippen LogP contribution in [0.25, 0.3) is 0 Å². The van der Waals surface area contributed by atoms with Crippen LogP contribution in [0.15, 0.2) is 34.1 Å². The molecule has 0 aromatic heterocycles. The molecule has 0 aliphatic carbocycles. The van der Waals surface area contributed by atoms with Gasteiger partial charge in [0.15, 0.2) is 0 Å². The van der Waals surface area contributed by atoms with E-state index < -0.39 is 57.8 Å². The normalized spacial score (nSPS) is 12.0. The molecule has 0 fully saturated rings. The Bertz CT molecular complexity index is 1160. The van der Waals surface area contributed by atoms with E-state index in [2.05, 4.69) is 5.32 Å². The largest absolute Gasteiger partial charge is 0.349 e. The van der Waals surface area contributed by atoms with Crippen LogP contribution in [0.1, 0.15) is 11.1 Å². The first-order valence-electron chi connectivity index (χ1n) is 7.03. The van der Waals surface area contributed by atoms with Crippen molar-refractivity contribution in [3.8, 4) is 0 Å². The maximum Gasteiger partial charge on any atom is 0.296 e. The molecular formula is C14H13FN2O8S2. The average molecular weight is 420 g/mol. The second-order valence-corrected chi connectivity index (χ2v) is 8.34. The third-order valence-corrected chi connectivity index (χ3v) is 5.47. The Balaban J connectivity index is 2.76. The number of anilines is 2. The van der Waals surface area contributed by atoms with Gasteiger partial charge in [0.05, 0.1) is 15.5 Å². The van der Waals surface area contributed by atoms with Gasteiger partial charge in [-0.25, -0.2) is 4.39 Å². The molecule has 2 aromatic rings. The average Bonchev–Trinajstić information content (AvgIpc) is 2.47. The van der Waals surface area contributed by atoms with Gasteiger partial charge in [-0.2, -0.15) is 16.8 Å². The van der Waals surface area contributed by atoms with Crippen LogP contribution in [0.2, 0.25) is 0 Å². The van der Waals surface area contributed by atoms with Gasteiger partial charge < -0.3 is 5.32 Å². The highest BCUT2D eigenvalue weighted by molar-refractivity contribution is 7.86. The molecule has 0 aliphatic heterocycles. The summed E-state index contributed by atoms with van der Waals surface area (Å²) in [6.07, 6.45) is 0. The van der Waals surface area contributed by atoms with Crippen LogP contribution in [0.3, 0.4) is 0 Å². The smallest absolute Gasteiger partial charge is 0.296 e. The number of benzene rings is 2. The molecule has 0 atom stereocenters. The van der Waals surface area contributed by atoms with Crippen molar-refractivity contribution in [2.45, 2.75) is 23.6 Å². The maximum atomic E-state index is 13.8. The summed E-state index contributed by atoms with van der Waals surface area (Å²) in [5.41, 5.74) is -1.60. The zero-order valence-electron chi connectivity index (χ0n) is 13.8. The maximum absolute atomic E-state index is 13.8. The highest BCUT2D eigenvalue weighted by Crippen LogP contribution is 2.35. The Morgan fingerprint density at radius 2 is 1.48 bits per heavy atom. The van der Waals surface area contributed by atoms with Gasteiger partial charge in [-0.3, -0.25) is 19.2 Å². The second kappa shape index (κ2) is 6.84. The van der Waals surface area contributed by atoms with Gasteiger partial charge in [-0.05, 0) is 37.1 Å². The zero-order chi connectivity index (χ0) is 20.7. The SMILES string of the molecule is Cc1cc([N+](=O)[O-])c(Nc2cc(C)c(S(=O)(=O)O)cc2S(=O)(=O)O)cc1F. The van der Waals surface area contributed by atoms with Crippen LogP contribution >= 0.6 is 0 Å². The zero-order valence-corrected chi connectivity index (χ0v) is 15.4. The van der Waals surface area contributed by atoms with Gasteiger partial charge >= 0.3 is 0 Å². The molecule has 27 heavy (non-hydrogen) atoms. The monoisotopic (exact) mass is 420 g/mol. The fourth-order valence-corrected chi connectivity index (χ4v) is 3.78. The minimum atomic E-state index is -5.01. The Labute approximate surface area is 153 Å². The highest BCUT2D eigenvalue weighted by atomic mass is 32.2. The summed E-state index contributed by atoms with van der Waals surface area (Å²) < 4.78 is 78.2. The summed E-state index contributed by atoms with van der Waals surface area (Å²) in [4.78, 5) is 8.58. The molecule has 3 N–H and O–H groups in total. The third-order valence-electron chi connectivity index (χ3n) is 3.58. The lowest BCUT2D eigenvalue weighted by Gasteiger charge is -2.14. The van der Waals surface area contributed by atoms with E-state index in [1.807, 2.05) is 0 Å².